The minimum absolute atomic E-state index is 0.502. The minimum Gasteiger partial charge on any atom is -0.486 e. The van der Waals surface area contributed by atoms with E-state index in [0.29, 0.717) is 19.6 Å². The van der Waals surface area contributed by atoms with Gasteiger partial charge in [-0.05, 0) is 37.5 Å². The standard InChI is InChI=1S/C13H18FNO2/c1-13(15,9-14)5-4-10-2-3-11-12(8-10)17-7-6-16-11/h2-3,8H,4-7,9,15H2,1H3. The molecule has 3 nitrogen and oxygen atoms in total. The third-order valence-corrected chi connectivity index (χ3v) is 2.90. The van der Waals surface area contributed by atoms with E-state index >= 15 is 0 Å². The van der Waals surface area contributed by atoms with Crippen molar-refractivity contribution < 1.29 is 13.9 Å². The van der Waals surface area contributed by atoms with E-state index in [9.17, 15) is 4.39 Å². The van der Waals surface area contributed by atoms with Crippen LogP contribution in [0.2, 0.25) is 0 Å². The topological polar surface area (TPSA) is 44.5 Å². The van der Waals surface area contributed by atoms with Crippen molar-refractivity contribution in [3.8, 4) is 11.5 Å². The van der Waals surface area contributed by atoms with Crippen molar-refractivity contribution in [1.82, 2.24) is 0 Å². The van der Waals surface area contributed by atoms with E-state index < -0.39 is 12.2 Å². The van der Waals surface area contributed by atoms with Gasteiger partial charge >= 0.3 is 0 Å². The molecule has 0 saturated heterocycles. The second kappa shape index (κ2) is 4.92. The van der Waals surface area contributed by atoms with Crippen molar-refractivity contribution in [2.45, 2.75) is 25.3 Å². The lowest BCUT2D eigenvalue weighted by Gasteiger charge is -2.22. The number of aryl methyl sites for hydroxylation is 1. The van der Waals surface area contributed by atoms with Gasteiger partial charge in [-0.25, -0.2) is 4.39 Å². The maximum Gasteiger partial charge on any atom is 0.161 e. The van der Waals surface area contributed by atoms with Gasteiger partial charge in [-0.1, -0.05) is 6.07 Å². The molecule has 4 heteroatoms. The predicted molar refractivity (Wildman–Crippen MR) is 64.3 cm³/mol. The Labute approximate surface area is 101 Å². The number of halogens is 1. The van der Waals surface area contributed by atoms with E-state index in [1.165, 1.54) is 0 Å². The highest BCUT2D eigenvalue weighted by molar-refractivity contribution is 5.43. The van der Waals surface area contributed by atoms with Gasteiger partial charge < -0.3 is 15.2 Å². The third kappa shape index (κ3) is 3.09. The first-order valence-electron chi connectivity index (χ1n) is 5.84. The third-order valence-electron chi connectivity index (χ3n) is 2.90. The quantitative estimate of drug-likeness (QED) is 0.874. The highest BCUT2D eigenvalue weighted by Crippen LogP contribution is 2.31. The number of rotatable bonds is 4. The van der Waals surface area contributed by atoms with Crippen molar-refractivity contribution in [2.24, 2.45) is 5.73 Å². The van der Waals surface area contributed by atoms with Gasteiger partial charge in [0, 0.05) is 5.54 Å². The Morgan fingerprint density at radius 3 is 2.71 bits per heavy atom. The van der Waals surface area contributed by atoms with Crippen molar-refractivity contribution in [3.05, 3.63) is 23.8 Å². The molecule has 94 valence electrons. The van der Waals surface area contributed by atoms with Gasteiger partial charge in [-0.3, -0.25) is 0 Å². The first-order valence-corrected chi connectivity index (χ1v) is 5.84. The van der Waals surface area contributed by atoms with Crippen LogP contribution >= 0.6 is 0 Å². The molecule has 0 aromatic heterocycles. The number of hydrogen-bond donors (Lipinski definition) is 1. The van der Waals surface area contributed by atoms with Crippen LogP contribution in [0.3, 0.4) is 0 Å². The summed E-state index contributed by atoms with van der Waals surface area (Å²) in [5, 5.41) is 0. The number of nitrogens with two attached hydrogens (primary N) is 1. The van der Waals surface area contributed by atoms with Gasteiger partial charge in [0.25, 0.3) is 0 Å². The molecular formula is C13H18FNO2. The maximum absolute atomic E-state index is 12.6. The van der Waals surface area contributed by atoms with Crippen molar-refractivity contribution in [3.63, 3.8) is 0 Å². The van der Waals surface area contributed by atoms with Crippen molar-refractivity contribution in [1.29, 1.82) is 0 Å². The summed E-state index contributed by atoms with van der Waals surface area (Å²) in [7, 11) is 0. The molecule has 0 saturated carbocycles. The van der Waals surface area contributed by atoms with Gasteiger partial charge in [-0.15, -0.1) is 0 Å². The van der Waals surface area contributed by atoms with Crippen LogP contribution in [0.4, 0.5) is 4.39 Å². The Kier molecular flexibility index (Phi) is 3.52. The molecule has 0 radical (unpaired) electrons. The maximum atomic E-state index is 12.6. The van der Waals surface area contributed by atoms with Crippen LogP contribution in [-0.2, 0) is 6.42 Å². The van der Waals surface area contributed by atoms with Crippen LogP contribution in [0.25, 0.3) is 0 Å². The Morgan fingerprint density at radius 1 is 1.29 bits per heavy atom. The summed E-state index contributed by atoms with van der Waals surface area (Å²) >= 11 is 0. The fourth-order valence-corrected chi connectivity index (χ4v) is 1.74. The SMILES string of the molecule is CC(N)(CF)CCc1ccc2c(c1)OCCO2. The molecule has 1 aromatic rings. The van der Waals surface area contributed by atoms with Gasteiger partial charge in [0.05, 0.1) is 0 Å². The second-order valence-corrected chi connectivity index (χ2v) is 4.77. The van der Waals surface area contributed by atoms with E-state index in [2.05, 4.69) is 0 Å². The number of benzene rings is 1. The van der Waals surface area contributed by atoms with Gasteiger partial charge in [-0.2, -0.15) is 0 Å². The Hall–Kier alpha value is -1.29. The van der Waals surface area contributed by atoms with E-state index in [4.69, 9.17) is 15.2 Å². The number of hydrogen-bond acceptors (Lipinski definition) is 3. The summed E-state index contributed by atoms with van der Waals surface area (Å²) in [6, 6.07) is 5.82. The summed E-state index contributed by atoms with van der Waals surface area (Å²) in [4.78, 5) is 0. The van der Waals surface area contributed by atoms with Crippen molar-refractivity contribution >= 4 is 0 Å². The summed E-state index contributed by atoms with van der Waals surface area (Å²) in [6.45, 7) is 2.40. The zero-order valence-electron chi connectivity index (χ0n) is 10.0. The van der Waals surface area contributed by atoms with Crippen LogP contribution < -0.4 is 15.2 Å². The molecule has 1 aromatic carbocycles. The lowest BCUT2D eigenvalue weighted by molar-refractivity contribution is 0.171. The summed E-state index contributed by atoms with van der Waals surface area (Å²) in [5.74, 6) is 1.55. The molecule has 1 heterocycles. The van der Waals surface area contributed by atoms with Gasteiger partial charge in [0.1, 0.15) is 19.9 Å². The monoisotopic (exact) mass is 239 g/mol. The highest BCUT2D eigenvalue weighted by Gasteiger charge is 2.18. The van der Waals surface area contributed by atoms with Crippen molar-refractivity contribution in [2.75, 3.05) is 19.9 Å². The molecule has 2 rings (SSSR count). The molecule has 0 spiro atoms. The molecule has 0 fully saturated rings. The molecule has 1 unspecified atom stereocenters. The predicted octanol–water partition coefficient (Wildman–Crippen LogP) is 2.08. The largest absolute Gasteiger partial charge is 0.486 e. The molecule has 1 aliphatic heterocycles. The van der Waals surface area contributed by atoms with E-state index in [1.807, 2.05) is 18.2 Å². The molecule has 0 amide bonds. The Bertz CT molecular complexity index is 393. The number of ether oxygens (including phenoxy) is 2. The van der Waals surface area contributed by atoms with Crippen LogP contribution in [0.1, 0.15) is 18.9 Å². The minimum atomic E-state index is -0.743. The second-order valence-electron chi connectivity index (χ2n) is 4.77. The molecule has 1 aliphatic rings. The average molecular weight is 239 g/mol. The molecule has 0 bridgehead atoms. The first-order chi connectivity index (χ1) is 8.11. The molecule has 17 heavy (non-hydrogen) atoms. The van der Waals surface area contributed by atoms with Crippen LogP contribution in [0.5, 0.6) is 11.5 Å². The summed E-state index contributed by atoms with van der Waals surface area (Å²) < 4.78 is 23.5. The molecule has 1 atom stereocenters. The molecule has 0 aliphatic carbocycles. The fraction of sp³-hybridized carbons (Fsp3) is 0.538. The van der Waals surface area contributed by atoms with Crippen LogP contribution in [-0.4, -0.2) is 25.4 Å². The molecular weight excluding hydrogens is 221 g/mol. The lowest BCUT2D eigenvalue weighted by Crippen LogP contribution is -2.38. The average Bonchev–Trinajstić information content (AvgIpc) is 2.36. The van der Waals surface area contributed by atoms with Crippen LogP contribution in [0.15, 0.2) is 18.2 Å². The number of fused-ring (bicyclic) bond motifs is 1. The van der Waals surface area contributed by atoms with E-state index in [-0.39, 0.29) is 0 Å². The van der Waals surface area contributed by atoms with E-state index in [0.717, 1.165) is 23.5 Å². The summed E-state index contributed by atoms with van der Waals surface area (Å²) in [6.07, 6.45) is 1.36. The molecule has 2 N–H and O–H groups in total. The zero-order chi connectivity index (χ0) is 12.3. The summed E-state index contributed by atoms with van der Waals surface area (Å²) in [5.41, 5.74) is 6.12. The zero-order valence-corrected chi connectivity index (χ0v) is 10.0. The first kappa shape index (κ1) is 12.2. The van der Waals surface area contributed by atoms with E-state index in [1.54, 1.807) is 6.92 Å². The lowest BCUT2D eigenvalue weighted by atomic mass is 9.95. The fourth-order valence-electron chi connectivity index (χ4n) is 1.74. The van der Waals surface area contributed by atoms with Gasteiger partial charge in [0.15, 0.2) is 11.5 Å². The Balaban J connectivity index is 2.02. The Morgan fingerprint density at radius 2 is 2.00 bits per heavy atom. The highest BCUT2D eigenvalue weighted by atomic mass is 19.1. The smallest absolute Gasteiger partial charge is 0.161 e. The normalized spacial score (nSPS) is 17.6. The van der Waals surface area contributed by atoms with Crippen LogP contribution in [0, 0.1) is 0 Å². The van der Waals surface area contributed by atoms with Gasteiger partial charge in [0.2, 0.25) is 0 Å². The number of alkyl halides is 1.